The van der Waals surface area contributed by atoms with E-state index in [0.29, 0.717) is 47.5 Å². The largest absolute Gasteiger partial charge is 0.484 e. The number of carbonyl (C=O) groups excluding carboxylic acids is 3. The fourth-order valence-electron chi connectivity index (χ4n) is 5.30. The number of ether oxygens (including phenoxy) is 2. The standard InChI is InChI=1S/C27H22F3N3O6S2/c28-27(29,30)15-4-2-5-16(12-15)33-24(35)20-19(21-23(31-26(37)41-21)40-22(20)25(33)36)14-3-1-6-17(11-14)39-13-18(34)32-7-9-38-10-8-32/h1-6,11-12,19-20,22H,7-10,13H2,(H,31,37)/t19-,20?,22?/m1/s1. The van der Waals surface area contributed by atoms with Crippen LogP contribution in [-0.2, 0) is 25.3 Å². The number of nitrogens with zero attached hydrogens (tertiary/aromatic N) is 2. The fourth-order valence-corrected chi connectivity index (χ4v) is 7.81. The highest BCUT2D eigenvalue weighted by Crippen LogP contribution is 2.53. The van der Waals surface area contributed by atoms with E-state index in [4.69, 9.17) is 9.47 Å². The first-order valence-electron chi connectivity index (χ1n) is 12.6. The molecule has 2 unspecified atom stereocenters. The molecular weight excluding hydrogens is 583 g/mol. The third-order valence-electron chi connectivity index (χ3n) is 7.20. The number of nitrogens with one attached hydrogen (secondary N) is 1. The Morgan fingerprint density at radius 1 is 1.05 bits per heavy atom. The molecule has 0 radical (unpaired) electrons. The highest BCUT2D eigenvalue weighted by Gasteiger charge is 2.56. The number of halogens is 3. The maximum atomic E-state index is 13.8. The fraction of sp³-hybridized carbons (Fsp3) is 0.333. The van der Waals surface area contributed by atoms with Crippen molar-refractivity contribution in [3.05, 3.63) is 74.2 Å². The average molecular weight is 606 g/mol. The molecule has 3 amide bonds. The second-order valence-electron chi connectivity index (χ2n) is 9.66. The molecule has 14 heteroatoms. The zero-order valence-electron chi connectivity index (χ0n) is 21.2. The number of carbonyl (C=O) groups is 3. The number of benzene rings is 2. The molecule has 3 atom stereocenters. The summed E-state index contributed by atoms with van der Waals surface area (Å²) in [6, 6.07) is 10.8. The van der Waals surface area contributed by atoms with Crippen molar-refractivity contribution in [1.29, 1.82) is 0 Å². The molecule has 4 heterocycles. The number of amides is 3. The number of hydrogen-bond acceptors (Lipinski definition) is 8. The van der Waals surface area contributed by atoms with Crippen molar-refractivity contribution < 1.29 is 37.0 Å². The molecule has 0 bridgehead atoms. The molecule has 1 aromatic heterocycles. The van der Waals surface area contributed by atoms with Crippen molar-refractivity contribution in [3.8, 4) is 5.75 Å². The maximum Gasteiger partial charge on any atom is 0.416 e. The number of fused-ring (bicyclic) bond motifs is 2. The van der Waals surface area contributed by atoms with Crippen LogP contribution in [0.3, 0.4) is 0 Å². The summed E-state index contributed by atoms with van der Waals surface area (Å²) in [7, 11) is 0. The van der Waals surface area contributed by atoms with Gasteiger partial charge in [-0.25, -0.2) is 4.90 Å². The second kappa shape index (κ2) is 10.7. The van der Waals surface area contributed by atoms with Crippen molar-refractivity contribution in [3.63, 3.8) is 0 Å². The van der Waals surface area contributed by atoms with Gasteiger partial charge in [0.25, 0.3) is 5.91 Å². The van der Waals surface area contributed by atoms with Gasteiger partial charge in [-0.3, -0.25) is 19.2 Å². The van der Waals surface area contributed by atoms with Gasteiger partial charge in [0.15, 0.2) is 6.61 Å². The van der Waals surface area contributed by atoms with Gasteiger partial charge >= 0.3 is 11.0 Å². The van der Waals surface area contributed by atoms with E-state index in [2.05, 4.69) is 4.98 Å². The molecule has 0 aliphatic carbocycles. The van der Waals surface area contributed by atoms with Crippen LogP contribution in [0.5, 0.6) is 5.75 Å². The maximum absolute atomic E-state index is 13.8. The van der Waals surface area contributed by atoms with Crippen molar-refractivity contribution in [2.24, 2.45) is 5.92 Å². The monoisotopic (exact) mass is 605 g/mol. The summed E-state index contributed by atoms with van der Waals surface area (Å²) < 4.78 is 51.2. The number of aromatic nitrogens is 1. The lowest BCUT2D eigenvalue weighted by Crippen LogP contribution is -2.42. The van der Waals surface area contributed by atoms with Gasteiger partial charge < -0.3 is 19.4 Å². The minimum absolute atomic E-state index is 0.167. The number of hydrogen-bond donors (Lipinski definition) is 1. The summed E-state index contributed by atoms with van der Waals surface area (Å²) in [6.07, 6.45) is -4.65. The number of thiazole rings is 1. The van der Waals surface area contributed by atoms with Crippen LogP contribution >= 0.6 is 23.1 Å². The molecule has 9 nitrogen and oxygen atoms in total. The zero-order chi connectivity index (χ0) is 28.9. The summed E-state index contributed by atoms with van der Waals surface area (Å²) in [5, 5.41) is -0.528. The summed E-state index contributed by atoms with van der Waals surface area (Å²) >= 11 is 1.94. The molecule has 0 saturated carbocycles. The van der Waals surface area contributed by atoms with Gasteiger partial charge in [0.1, 0.15) is 11.0 Å². The first kappa shape index (κ1) is 27.5. The number of imide groups is 1. The molecule has 3 aliphatic rings. The molecule has 3 aliphatic heterocycles. The van der Waals surface area contributed by atoms with Crippen LogP contribution in [0.2, 0.25) is 0 Å². The minimum Gasteiger partial charge on any atom is -0.484 e. The molecule has 0 spiro atoms. The number of thioether (sulfide) groups is 1. The Hall–Kier alpha value is -3.62. The first-order valence-corrected chi connectivity index (χ1v) is 14.3. The van der Waals surface area contributed by atoms with Crippen LogP contribution in [0.25, 0.3) is 0 Å². The molecule has 2 fully saturated rings. The molecule has 41 heavy (non-hydrogen) atoms. The topological polar surface area (TPSA) is 109 Å². The number of anilines is 1. The molecular formula is C27H22F3N3O6S2. The zero-order valence-corrected chi connectivity index (χ0v) is 22.8. The molecule has 1 N–H and O–H groups in total. The van der Waals surface area contributed by atoms with Crippen LogP contribution in [0.15, 0.2) is 58.4 Å². The van der Waals surface area contributed by atoms with Gasteiger partial charge in [-0.15, -0.1) is 0 Å². The van der Waals surface area contributed by atoms with Crippen LogP contribution < -0.4 is 14.5 Å². The Balaban J connectivity index is 1.32. The summed E-state index contributed by atoms with van der Waals surface area (Å²) in [5.41, 5.74) is -0.575. The Bertz CT molecular complexity index is 1580. The third kappa shape index (κ3) is 5.15. The van der Waals surface area contributed by atoms with Crippen molar-refractivity contribution in [1.82, 2.24) is 9.88 Å². The number of rotatable bonds is 5. The Morgan fingerprint density at radius 2 is 1.80 bits per heavy atom. The van der Waals surface area contributed by atoms with Crippen molar-refractivity contribution in [2.45, 2.75) is 22.4 Å². The Labute approximate surface area is 239 Å². The average Bonchev–Trinajstić information content (AvgIpc) is 3.45. The summed E-state index contributed by atoms with van der Waals surface area (Å²) in [4.78, 5) is 57.6. The smallest absolute Gasteiger partial charge is 0.416 e. The van der Waals surface area contributed by atoms with Gasteiger partial charge in [0, 0.05) is 23.9 Å². The molecule has 6 rings (SSSR count). The van der Waals surface area contributed by atoms with Gasteiger partial charge in [-0.1, -0.05) is 41.3 Å². The lowest BCUT2D eigenvalue weighted by Gasteiger charge is -2.30. The van der Waals surface area contributed by atoms with Crippen molar-refractivity contribution >= 4 is 46.5 Å². The van der Waals surface area contributed by atoms with Crippen molar-refractivity contribution in [2.75, 3.05) is 37.8 Å². The van der Waals surface area contributed by atoms with Crippen LogP contribution in [-0.4, -0.2) is 65.8 Å². The molecule has 2 aromatic carbocycles. The first-order chi connectivity index (χ1) is 19.6. The van der Waals surface area contributed by atoms with Gasteiger partial charge in [0.2, 0.25) is 11.8 Å². The van der Waals surface area contributed by atoms with E-state index in [-0.39, 0.29) is 23.1 Å². The Kier molecular flexibility index (Phi) is 7.16. The van der Waals surface area contributed by atoms with Gasteiger partial charge in [-0.05, 0) is 35.9 Å². The summed E-state index contributed by atoms with van der Waals surface area (Å²) in [5.74, 6) is -2.88. The quantitative estimate of drug-likeness (QED) is 0.444. The van der Waals surface area contributed by atoms with E-state index in [9.17, 15) is 32.3 Å². The van der Waals surface area contributed by atoms with E-state index in [1.165, 1.54) is 6.07 Å². The lowest BCUT2D eigenvalue weighted by molar-refractivity contribution is -0.138. The van der Waals surface area contributed by atoms with E-state index in [1.54, 1.807) is 29.2 Å². The predicted molar refractivity (Wildman–Crippen MR) is 143 cm³/mol. The SMILES string of the molecule is O=C(COc1cccc([C@H]2c3sc(=O)[nH]c3SC3C(=O)N(c4cccc(C(F)(F)F)c4)C(=O)C32)c1)N1CCOCC1. The highest BCUT2D eigenvalue weighted by atomic mass is 32.2. The van der Waals surface area contributed by atoms with E-state index >= 15 is 0 Å². The van der Waals surface area contributed by atoms with Crippen LogP contribution in [0.1, 0.15) is 21.9 Å². The normalized spacial score (nSPS) is 22.5. The predicted octanol–water partition coefficient (Wildman–Crippen LogP) is 3.49. The highest BCUT2D eigenvalue weighted by molar-refractivity contribution is 8.00. The summed E-state index contributed by atoms with van der Waals surface area (Å²) in [6.45, 7) is 1.64. The minimum atomic E-state index is -4.65. The number of H-pyrrole nitrogens is 1. The van der Waals surface area contributed by atoms with Crippen LogP contribution in [0.4, 0.5) is 18.9 Å². The number of alkyl halides is 3. The molecule has 2 saturated heterocycles. The van der Waals surface area contributed by atoms with E-state index in [0.717, 1.165) is 46.2 Å². The molecule has 3 aromatic rings. The molecule has 214 valence electrons. The van der Waals surface area contributed by atoms with Crippen LogP contribution in [0, 0.1) is 5.92 Å². The van der Waals surface area contributed by atoms with E-state index in [1.807, 2.05) is 0 Å². The van der Waals surface area contributed by atoms with Gasteiger partial charge in [0.05, 0.1) is 35.4 Å². The third-order valence-corrected chi connectivity index (χ3v) is 9.60. The second-order valence-corrected chi connectivity index (χ2v) is 11.8. The number of aromatic amines is 1. The lowest BCUT2D eigenvalue weighted by atomic mass is 9.83. The number of morpholine rings is 1. The van der Waals surface area contributed by atoms with E-state index < -0.39 is 40.6 Å². The van der Waals surface area contributed by atoms with Gasteiger partial charge in [-0.2, -0.15) is 13.2 Å². The Morgan fingerprint density at radius 3 is 2.56 bits per heavy atom.